The molecule has 0 atom stereocenters. The summed E-state index contributed by atoms with van der Waals surface area (Å²) >= 11 is 0. The van der Waals surface area contributed by atoms with Crippen molar-refractivity contribution in [3.63, 3.8) is 0 Å². The van der Waals surface area contributed by atoms with Crippen LogP contribution in [0.25, 0.3) is 5.57 Å². The normalized spacial score (nSPS) is 10.2. The molecule has 0 aliphatic carbocycles. The van der Waals surface area contributed by atoms with Gasteiger partial charge in [0.15, 0.2) is 0 Å². The molecule has 0 radical (unpaired) electrons. The molecule has 0 saturated heterocycles. The van der Waals surface area contributed by atoms with Crippen LogP contribution in [-0.4, -0.2) is 11.5 Å². The second kappa shape index (κ2) is 6.63. The molecule has 102 valence electrons. The van der Waals surface area contributed by atoms with Crippen LogP contribution in [0.15, 0.2) is 61.2 Å². The fraction of sp³-hybridized carbons (Fsp3) is 0.125. The number of nitro benzene ring substituents is 1. The summed E-state index contributed by atoms with van der Waals surface area (Å²) in [6.07, 6.45) is 0. The van der Waals surface area contributed by atoms with Gasteiger partial charge in [0.05, 0.1) is 4.92 Å². The van der Waals surface area contributed by atoms with Crippen LogP contribution in [0.2, 0.25) is 0 Å². The van der Waals surface area contributed by atoms with Crippen molar-refractivity contribution in [2.75, 3.05) is 6.54 Å². The van der Waals surface area contributed by atoms with Crippen LogP contribution >= 0.6 is 0 Å². The van der Waals surface area contributed by atoms with Crippen LogP contribution in [-0.2, 0) is 6.54 Å². The molecule has 0 unspecified atom stereocenters. The summed E-state index contributed by atoms with van der Waals surface area (Å²) in [7, 11) is 0. The summed E-state index contributed by atoms with van der Waals surface area (Å²) < 4.78 is 0. The van der Waals surface area contributed by atoms with E-state index < -0.39 is 4.92 Å². The zero-order valence-electron chi connectivity index (χ0n) is 11.1. The summed E-state index contributed by atoms with van der Waals surface area (Å²) in [6.45, 7) is 5.38. The average Bonchev–Trinajstić information content (AvgIpc) is 2.48. The Morgan fingerprint density at radius 2 is 1.75 bits per heavy atom. The van der Waals surface area contributed by atoms with Gasteiger partial charge in [-0.2, -0.15) is 0 Å². The molecule has 0 heterocycles. The number of hydrogen-bond donors (Lipinski definition) is 1. The molecule has 4 heteroatoms. The zero-order chi connectivity index (χ0) is 14.4. The molecule has 1 N–H and O–H groups in total. The van der Waals surface area contributed by atoms with Gasteiger partial charge in [0, 0.05) is 25.2 Å². The van der Waals surface area contributed by atoms with E-state index in [1.165, 1.54) is 12.1 Å². The first kappa shape index (κ1) is 14.0. The molecule has 0 amide bonds. The Morgan fingerprint density at radius 1 is 1.10 bits per heavy atom. The van der Waals surface area contributed by atoms with Crippen LogP contribution in [0, 0.1) is 10.1 Å². The Labute approximate surface area is 117 Å². The topological polar surface area (TPSA) is 55.2 Å². The number of non-ortho nitro benzene ring substituents is 1. The maximum Gasteiger partial charge on any atom is 0.269 e. The molecule has 0 aromatic heterocycles. The maximum absolute atomic E-state index is 10.6. The third-order valence-electron chi connectivity index (χ3n) is 3.00. The molecule has 0 aliphatic rings. The van der Waals surface area contributed by atoms with Crippen molar-refractivity contribution in [2.45, 2.75) is 6.54 Å². The van der Waals surface area contributed by atoms with Gasteiger partial charge in [-0.15, -0.1) is 0 Å². The van der Waals surface area contributed by atoms with Crippen molar-refractivity contribution in [3.05, 3.63) is 82.4 Å². The number of benzene rings is 2. The van der Waals surface area contributed by atoms with Gasteiger partial charge in [0.2, 0.25) is 0 Å². The molecule has 2 rings (SSSR count). The van der Waals surface area contributed by atoms with Crippen molar-refractivity contribution in [1.82, 2.24) is 5.32 Å². The molecule has 4 nitrogen and oxygen atoms in total. The molecular formula is C16H16N2O2. The van der Waals surface area contributed by atoms with Crippen molar-refractivity contribution in [3.8, 4) is 0 Å². The van der Waals surface area contributed by atoms with Gasteiger partial charge in [-0.25, -0.2) is 0 Å². The molecule has 0 bridgehead atoms. The Hall–Kier alpha value is -2.46. The SMILES string of the molecule is C=C(CNCc1ccc([N+](=O)[O-])cc1)c1ccccc1. The Bertz CT molecular complexity index is 592. The molecule has 0 aliphatic heterocycles. The van der Waals surface area contributed by atoms with E-state index in [4.69, 9.17) is 0 Å². The molecule has 0 fully saturated rings. The van der Waals surface area contributed by atoms with E-state index in [1.807, 2.05) is 30.3 Å². The van der Waals surface area contributed by atoms with Crippen LogP contribution in [0.5, 0.6) is 0 Å². The predicted molar refractivity (Wildman–Crippen MR) is 80.3 cm³/mol. The van der Waals surface area contributed by atoms with E-state index in [0.29, 0.717) is 13.1 Å². The Morgan fingerprint density at radius 3 is 2.35 bits per heavy atom. The lowest BCUT2D eigenvalue weighted by molar-refractivity contribution is -0.384. The van der Waals surface area contributed by atoms with Gasteiger partial charge in [-0.05, 0) is 16.7 Å². The Kier molecular flexibility index (Phi) is 4.63. The van der Waals surface area contributed by atoms with Crippen LogP contribution < -0.4 is 5.32 Å². The smallest absolute Gasteiger partial charge is 0.269 e. The van der Waals surface area contributed by atoms with E-state index in [9.17, 15) is 10.1 Å². The molecule has 2 aromatic rings. The third-order valence-corrected chi connectivity index (χ3v) is 3.00. The van der Waals surface area contributed by atoms with Gasteiger partial charge >= 0.3 is 0 Å². The number of nitro groups is 1. The van der Waals surface area contributed by atoms with Crippen molar-refractivity contribution in [1.29, 1.82) is 0 Å². The molecule has 20 heavy (non-hydrogen) atoms. The predicted octanol–water partition coefficient (Wildman–Crippen LogP) is 3.40. The summed E-state index contributed by atoms with van der Waals surface area (Å²) in [5.74, 6) is 0. The number of nitrogens with one attached hydrogen (secondary N) is 1. The van der Waals surface area contributed by atoms with Crippen molar-refractivity contribution < 1.29 is 4.92 Å². The standard InChI is InChI=1S/C16H16N2O2/c1-13(15-5-3-2-4-6-15)11-17-12-14-7-9-16(10-8-14)18(19)20/h2-10,17H,1,11-12H2. The molecule has 0 saturated carbocycles. The first-order valence-corrected chi connectivity index (χ1v) is 6.34. The molecule has 0 spiro atoms. The number of rotatable bonds is 6. The van der Waals surface area contributed by atoms with E-state index in [0.717, 1.165) is 16.7 Å². The van der Waals surface area contributed by atoms with E-state index in [2.05, 4.69) is 11.9 Å². The molecule has 2 aromatic carbocycles. The van der Waals surface area contributed by atoms with Gasteiger partial charge in [0.25, 0.3) is 5.69 Å². The minimum Gasteiger partial charge on any atom is -0.309 e. The highest BCUT2D eigenvalue weighted by Crippen LogP contribution is 2.13. The third kappa shape index (κ3) is 3.76. The monoisotopic (exact) mass is 268 g/mol. The second-order valence-electron chi connectivity index (χ2n) is 4.50. The number of nitrogens with zero attached hydrogens (tertiary/aromatic N) is 1. The zero-order valence-corrected chi connectivity index (χ0v) is 11.1. The first-order chi connectivity index (χ1) is 9.66. The average molecular weight is 268 g/mol. The van der Waals surface area contributed by atoms with Crippen molar-refractivity contribution in [2.24, 2.45) is 0 Å². The second-order valence-corrected chi connectivity index (χ2v) is 4.50. The highest BCUT2D eigenvalue weighted by molar-refractivity contribution is 5.64. The Balaban J connectivity index is 1.84. The fourth-order valence-electron chi connectivity index (χ4n) is 1.87. The van der Waals surface area contributed by atoms with E-state index in [1.54, 1.807) is 12.1 Å². The lowest BCUT2D eigenvalue weighted by Gasteiger charge is -2.08. The highest BCUT2D eigenvalue weighted by Gasteiger charge is 2.03. The van der Waals surface area contributed by atoms with Gasteiger partial charge in [-0.1, -0.05) is 49.0 Å². The van der Waals surface area contributed by atoms with Gasteiger partial charge in [0.1, 0.15) is 0 Å². The minimum absolute atomic E-state index is 0.113. The lowest BCUT2D eigenvalue weighted by atomic mass is 10.1. The van der Waals surface area contributed by atoms with Gasteiger partial charge in [-0.3, -0.25) is 10.1 Å². The quantitative estimate of drug-likeness (QED) is 0.645. The van der Waals surface area contributed by atoms with Crippen molar-refractivity contribution >= 4 is 11.3 Å². The minimum atomic E-state index is -0.394. The maximum atomic E-state index is 10.6. The largest absolute Gasteiger partial charge is 0.309 e. The van der Waals surface area contributed by atoms with E-state index >= 15 is 0 Å². The highest BCUT2D eigenvalue weighted by atomic mass is 16.6. The van der Waals surface area contributed by atoms with Gasteiger partial charge < -0.3 is 5.32 Å². The van der Waals surface area contributed by atoms with Crippen LogP contribution in [0.4, 0.5) is 5.69 Å². The van der Waals surface area contributed by atoms with E-state index in [-0.39, 0.29) is 5.69 Å². The summed E-state index contributed by atoms with van der Waals surface area (Å²) in [5.41, 5.74) is 3.26. The summed E-state index contributed by atoms with van der Waals surface area (Å²) in [4.78, 5) is 10.2. The fourth-order valence-corrected chi connectivity index (χ4v) is 1.87. The van der Waals surface area contributed by atoms with Crippen LogP contribution in [0.1, 0.15) is 11.1 Å². The lowest BCUT2D eigenvalue weighted by Crippen LogP contribution is -2.15. The number of hydrogen-bond acceptors (Lipinski definition) is 3. The van der Waals surface area contributed by atoms with Crippen LogP contribution in [0.3, 0.4) is 0 Å². The summed E-state index contributed by atoms with van der Waals surface area (Å²) in [6, 6.07) is 16.5. The first-order valence-electron chi connectivity index (χ1n) is 6.34. The summed E-state index contributed by atoms with van der Waals surface area (Å²) in [5, 5.41) is 13.8. The molecular weight excluding hydrogens is 252 g/mol.